The van der Waals surface area contributed by atoms with E-state index in [-0.39, 0.29) is 117 Å². The Morgan fingerprint density at radius 2 is 1.26 bits per heavy atom. The fourth-order valence-electron chi connectivity index (χ4n) is 10.6. The van der Waals surface area contributed by atoms with Crippen LogP contribution in [0.1, 0.15) is 156 Å². The molecular weight excluding hydrogens is 1300 g/mol. The van der Waals surface area contributed by atoms with Gasteiger partial charge in [-0.15, -0.1) is 11.8 Å². The highest BCUT2D eigenvalue weighted by atomic mass is 33.1. The summed E-state index contributed by atoms with van der Waals surface area (Å²) in [5, 5.41) is 57.7. The number of oxime groups is 2. The van der Waals surface area contributed by atoms with Gasteiger partial charge < -0.3 is 75.3 Å². The fraction of sp³-hybridized carbons (Fsp3) is 0.672. The maximum absolute atomic E-state index is 14.6. The van der Waals surface area contributed by atoms with Gasteiger partial charge >= 0.3 is 5.97 Å². The lowest BCUT2D eigenvalue weighted by atomic mass is 9.81. The van der Waals surface area contributed by atoms with E-state index in [1.54, 1.807) is 44.2 Å². The van der Waals surface area contributed by atoms with Crippen molar-refractivity contribution in [2.45, 2.75) is 187 Å². The third-order valence-corrected chi connectivity index (χ3v) is 20.6. The minimum atomic E-state index is -1.51. The smallest absolute Gasteiger partial charge is 0.304 e. The number of amides is 8. The SMILES string of the molecule is C/C(=N\O)C(C)(C)CCCC(CCNC(=O)CCCC(=O)NCCCC[C@@H]1NC(=O)CSC[C@@H](C(N)=O)NC(=O)[C@H](Cc2ccccc2)CC(=O)[C@@H]2CSSC[C@H](NC1=O)C(=O)C[C@@H](CCCN=C(N)N)C(=O)NCC(=O)C[C@@H](CC(=O)O)C(=O)N2)CCNC(C)(C)/C(C)=N/O. The number of carboxylic acid groups (broad SMARTS) is 1. The van der Waals surface area contributed by atoms with E-state index >= 15 is 0 Å². The standard InChI is InChI=1S/C64H102N14O15S3/c1-39(77-92)63(3,4)24-13-17-41(23-28-72-64(5,6)40(2)78-93)22-27-69-54(83)21-12-20-53(82)68-25-11-10-19-47-61(91)75-49-37-96-95-36-48(52(81)32-44(29-42-15-8-7-9-16-42)59(89)76-50(57(65)87)35-94-38-55(84)73-47)74-60(90)45(33-56(85)86)30-46(79)34-71-58(88)43(31-51(49)80)18-14-26-70-62(66)67/h7-9,15-16,41,43-45,47-50,72,92-93H,10-14,17-38H2,1-6H3,(H2,65,87)(H,68,82)(H,69,83)(H,71,88)(H,73,84)(H,74,90)(H,75,91)(H,76,89)(H,85,86)(H4,66,67,70)/b77-39+,78-40+/t41?,43-,44-,45+,47+,48+,49+,50+/m1/s1. The number of aliphatic imine (C=N–C) groups is 1. The molecule has 8 amide bonds. The third-order valence-electron chi connectivity index (χ3n) is 17.1. The molecule has 17 N–H and O–H groups in total. The Hall–Kier alpha value is -7.32. The number of hydrogen-bond donors (Lipinski definition) is 14. The molecule has 0 saturated carbocycles. The molecule has 3 rings (SSSR count). The Labute approximate surface area is 574 Å². The molecule has 29 nitrogen and oxygen atoms in total. The summed E-state index contributed by atoms with van der Waals surface area (Å²) in [5.41, 5.74) is 17.8. The average molecular weight is 1400 g/mol. The van der Waals surface area contributed by atoms with E-state index in [0.29, 0.717) is 42.9 Å². The van der Waals surface area contributed by atoms with Crippen molar-refractivity contribution in [3.05, 3.63) is 35.9 Å². The van der Waals surface area contributed by atoms with Gasteiger partial charge in [-0.25, -0.2) is 0 Å². The number of nitrogens with two attached hydrogens (primary N) is 3. The number of carboxylic acids is 1. The molecule has 1 aromatic rings. The number of thioether (sulfide) groups is 1. The molecule has 8 atom stereocenters. The summed E-state index contributed by atoms with van der Waals surface area (Å²) < 4.78 is 0. The fourth-order valence-corrected chi connectivity index (χ4v) is 13.8. The summed E-state index contributed by atoms with van der Waals surface area (Å²) in [7, 11) is 2.01. The number of benzene rings is 1. The Morgan fingerprint density at radius 1 is 0.656 bits per heavy atom. The van der Waals surface area contributed by atoms with Crippen LogP contribution in [0.2, 0.25) is 0 Å². The first-order chi connectivity index (χ1) is 45.4. The van der Waals surface area contributed by atoms with Crippen LogP contribution in [0, 0.1) is 29.1 Å². The second-order valence-electron chi connectivity index (χ2n) is 25.6. The number of Topliss-reactive ketones (excluding diaryl/α,β-unsaturated/α-hetero) is 3. The molecule has 536 valence electrons. The van der Waals surface area contributed by atoms with Crippen molar-refractivity contribution in [2.24, 2.45) is 61.6 Å². The topological polar surface area (TPSA) is 477 Å². The van der Waals surface area contributed by atoms with Crippen molar-refractivity contribution < 1.29 is 73.1 Å². The van der Waals surface area contributed by atoms with Crippen LogP contribution in [0.15, 0.2) is 45.6 Å². The zero-order chi connectivity index (χ0) is 71.4. The van der Waals surface area contributed by atoms with E-state index in [4.69, 9.17) is 17.2 Å². The molecule has 96 heavy (non-hydrogen) atoms. The van der Waals surface area contributed by atoms with E-state index in [1.165, 1.54) is 0 Å². The van der Waals surface area contributed by atoms with E-state index in [9.17, 15) is 73.1 Å². The lowest BCUT2D eigenvalue weighted by molar-refractivity contribution is -0.142. The minimum Gasteiger partial charge on any atom is -0.481 e. The van der Waals surface area contributed by atoms with Gasteiger partial charge in [-0.2, -0.15) is 0 Å². The third kappa shape index (κ3) is 32.6. The number of nitrogens with zero attached hydrogens (tertiary/aromatic N) is 3. The predicted molar refractivity (Wildman–Crippen MR) is 370 cm³/mol. The van der Waals surface area contributed by atoms with Crippen molar-refractivity contribution in [3.63, 3.8) is 0 Å². The normalized spacial score (nSPS) is 22.0. The number of unbranched alkanes of at least 4 members (excludes halogenated alkanes) is 1. The van der Waals surface area contributed by atoms with Crippen LogP contribution in [-0.2, 0) is 64.0 Å². The highest BCUT2D eigenvalue weighted by molar-refractivity contribution is 8.76. The summed E-state index contributed by atoms with van der Waals surface area (Å²) in [6.07, 6.45) is 2.74. The number of fused-ring (bicyclic) bond motifs is 5. The molecule has 2 fully saturated rings. The van der Waals surface area contributed by atoms with E-state index < -0.39 is 138 Å². The summed E-state index contributed by atoms with van der Waals surface area (Å²) in [5.74, 6) is -13.6. The maximum Gasteiger partial charge on any atom is 0.304 e. The van der Waals surface area contributed by atoms with Gasteiger partial charge in [0.25, 0.3) is 0 Å². The molecule has 2 heterocycles. The largest absolute Gasteiger partial charge is 0.481 e. The van der Waals surface area contributed by atoms with Crippen molar-refractivity contribution in [3.8, 4) is 0 Å². The molecular formula is C64H102N14O15S3. The van der Waals surface area contributed by atoms with Gasteiger partial charge in [-0.05, 0) is 110 Å². The molecule has 1 aromatic carbocycles. The van der Waals surface area contributed by atoms with Crippen LogP contribution in [0.3, 0.4) is 0 Å². The highest BCUT2D eigenvalue weighted by Gasteiger charge is 2.36. The first-order valence-electron chi connectivity index (χ1n) is 32.6. The minimum absolute atomic E-state index is 0.0101. The van der Waals surface area contributed by atoms with Crippen LogP contribution >= 0.6 is 33.3 Å². The Kier molecular flexibility index (Phi) is 37.8. The van der Waals surface area contributed by atoms with Crippen molar-refractivity contribution in [1.82, 2.24) is 42.5 Å². The number of aliphatic carboxylic acids is 1. The first kappa shape index (κ1) is 82.9. The second-order valence-corrected chi connectivity index (χ2v) is 29.2. The predicted octanol–water partition coefficient (Wildman–Crippen LogP) is 2.40. The first-order valence-corrected chi connectivity index (χ1v) is 36.2. The van der Waals surface area contributed by atoms with Gasteiger partial charge in [0.05, 0.1) is 53.7 Å². The van der Waals surface area contributed by atoms with Gasteiger partial charge in [0.15, 0.2) is 23.3 Å². The van der Waals surface area contributed by atoms with Gasteiger partial charge in [0.2, 0.25) is 47.3 Å². The number of rotatable bonds is 31. The molecule has 2 saturated heterocycles. The number of guanidine groups is 1. The van der Waals surface area contributed by atoms with Crippen LogP contribution < -0.4 is 59.7 Å². The van der Waals surface area contributed by atoms with Gasteiger partial charge in [-0.3, -0.25) is 62.5 Å². The lowest BCUT2D eigenvalue weighted by Gasteiger charge is -2.28. The molecule has 0 aromatic heterocycles. The molecule has 0 aliphatic carbocycles. The van der Waals surface area contributed by atoms with Gasteiger partial charge in [0, 0.05) is 86.2 Å². The summed E-state index contributed by atoms with van der Waals surface area (Å²) in [6.45, 7) is 12.1. The molecule has 1 unspecified atom stereocenters. The zero-order valence-corrected chi connectivity index (χ0v) is 58.6. The van der Waals surface area contributed by atoms with E-state index in [1.807, 2.05) is 27.7 Å². The van der Waals surface area contributed by atoms with E-state index in [0.717, 1.165) is 59.0 Å². The van der Waals surface area contributed by atoms with Crippen LogP contribution in [0.5, 0.6) is 0 Å². The number of primary amides is 1. The van der Waals surface area contributed by atoms with Gasteiger partial charge in [0.1, 0.15) is 12.1 Å². The number of carbonyl (C=O) groups excluding carboxylic acids is 11. The van der Waals surface area contributed by atoms with E-state index in [2.05, 4.69) is 57.8 Å². The lowest BCUT2D eigenvalue weighted by Crippen LogP contribution is -2.53. The Bertz CT molecular complexity index is 2840. The molecule has 0 radical (unpaired) electrons. The zero-order valence-electron chi connectivity index (χ0n) is 56.1. The van der Waals surface area contributed by atoms with Crippen molar-refractivity contribution >= 4 is 121 Å². The maximum atomic E-state index is 14.6. The molecule has 2 bridgehead atoms. The Morgan fingerprint density at radius 3 is 1.88 bits per heavy atom. The summed E-state index contributed by atoms with van der Waals surface area (Å²) >= 11 is 0.911. The number of ketones is 3. The van der Waals surface area contributed by atoms with Crippen LogP contribution in [-0.4, -0.2) is 189 Å². The second kappa shape index (κ2) is 43.8. The van der Waals surface area contributed by atoms with Crippen molar-refractivity contribution in [2.75, 3.05) is 55.7 Å². The number of nitrogens with one attached hydrogen (secondary N) is 8. The monoisotopic (exact) mass is 1400 g/mol. The van der Waals surface area contributed by atoms with Crippen molar-refractivity contribution in [1.29, 1.82) is 0 Å². The Balaban J connectivity index is 1.85. The quantitative estimate of drug-likeness (QED) is 0.0127. The number of carbonyl (C=O) groups is 12. The average Bonchev–Trinajstić information content (AvgIpc) is 1.20. The molecule has 32 heteroatoms. The summed E-state index contributed by atoms with van der Waals surface area (Å²) in [4.78, 5) is 168. The molecule has 2 aliphatic rings. The van der Waals surface area contributed by atoms with Crippen LogP contribution in [0.25, 0.3) is 0 Å². The highest BCUT2D eigenvalue weighted by Crippen LogP contribution is 2.30. The summed E-state index contributed by atoms with van der Waals surface area (Å²) in [6, 6.07) is 3.22. The molecule has 0 spiro atoms. The molecule has 2 aliphatic heterocycles. The van der Waals surface area contributed by atoms with Gasteiger partial charge in [-0.1, -0.05) is 88.9 Å². The number of hydrogen-bond acceptors (Lipinski definition) is 21. The van der Waals surface area contributed by atoms with Crippen LogP contribution in [0.4, 0.5) is 0 Å².